The third-order valence-corrected chi connectivity index (χ3v) is 8.15. The molecule has 1 N–H and O–H groups in total. The van der Waals surface area contributed by atoms with E-state index in [4.69, 9.17) is 0 Å². The van der Waals surface area contributed by atoms with E-state index in [-0.39, 0.29) is 10.8 Å². The van der Waals surface area contributed by atoms with Crippen molar-refractivity contribution in [3.05, 3.63) is 64.0 Å². The van der Waals surface area contributed by atoms with Crippen LogP contribution < -0.4 is 5.32 Å². The van der Waals surface area contributed by atoms with Crippen LogP contribution in [0.4, 0.5) is 5.13 Å². The van der Waals surface area contributed by atoms with Crippen molar-refractivity contribution in [2.24, 2.45) is 0 Å². The molecular formula is C23H25N3O3S2. The molecule has 0 unspecified atom stereocenters. The van der Waals surface area contributed by atoms with Gasteiger partial charge in [0.05, 0.1) is 10.6 Å². The lowest BCUT2D eigenvalue weighted by molar-refractivity contribution is 0.102. The Morgan fingerprint density at radius 2 is 1.65 bits per heavy atom. The van der Waals surface area contributed by atoms with Crippen molar-refractivity contribution in [1.82, 2.24) is 9.29 Å². The number of anilines is 1. The zero-order valence-electron chi connectivity index (χ0n) is 17.8. The fraction of sp³-hybridized carbons (Fsp3) is 0.304. The number of hydrogen-bond donors (Lipinski definition) is 1. The van der Waals surface area contributed by atoms with Crippen molar-refractivity contribution in [3.8, 4) is 11.3 Å². The molecule has 8 heteroatoms. The Kier molecular flexibility index (Phi) is 5.96. The van der Waals surface area contributed by atoms with Crippen LogP contribution in [0.15, 0.2) is 46.7 Å². The van der Waals surface area contributed by atoms with Crippen LogP contribution in [0.5, 0.6) is 0 Å². The van der Waals surface area contributed by atoms with Gasteiger partial charge in [-0.3, -0.25) is 10.1 Å². The number of amides is 1. The van der Waals surface area contributed by atoms with Crippen LogP contribution in [-0.4, -0.2) is 36.7 Å². The fourth-order valence-corrected chi connectivity index (χ4v) is 6.27. The van der Waals surface area contributed by atoms with E-state index in [0.29, 0.717) is 23.8 Å². The van der Waals surface area contributed by atoms with Gasteiger partial charge >= 0.3 is 0 Å². The van der Waals surface area contributed by atoms with Crippen molar-refractivity contribution in [2.75, 3.05) is 18.4 Å². The zero-order chi connectivity index (χ0) is 22.2. The Morgan fingerprint density at radius 1 is 1.03 bits per heavy atom. The van der Waals surface area contributed by atoms with Crippen molar-refractivity contribution >= 4 is 32.4 Å². The summed E-state index contributed by atoms with van der Waals surface area (Å²) in [5, 5.41) is 5.26. The molecule has 2 aromatic carbocycles. The van der Waals surface area contributed by atoms with E-state index in [1.54, 1.807) is 12.1 Å². The first-order chi connectivity index (χ1) is 14.8. The summed E-state index contributed by atoms with van der Waals surface area (Å²) in [7, 11) is -3.49. The molecule has 0 atom stereocenters. The van der Waals surface area contributed by atoms with E-state index in [2.05, 4.69) is 43.2 Å². The third kappa shape index (κ3) is 4.42. The zero-order valence-corrected chi connectivity index (χ0v) is 19.4. The summed E-state index contributed by atoms with van der Waals surface area (Å²) in [5.74, 6) is -0.316. The van der Waals surface area contributed by atoms with Gasteiger partial charge in [0.15, 0.2) is 5.13 Å². The van der Waals surface area contributed by atoms with Crippen molar-refractivity contribution < 1.29 is 13.2 Å². The second-order valence-electron chi connectivity index (χ2n) is 7.90. The fourth-order valence-electron chi connectivity index (χ4n) is 4.06. The van der Waals surface area contributed by atoms with E-state index in [1.807, 2.05) is 5.38 Å². The number of nitrogens with zero attached hydrogens (tertiary/aromatic N) is 2. The average molecular weight is 456 g/mol. The lowest BCUT2D eigenvalue weighted by Gasteiger charge is -2.15. The molecule has 0 aliphatic carbocycles. The molecule has 3 aromatic rings. The number of carbonyl (C=O) groups excluding carboxylic acids is 1. The predicted molar refractivity (Wildman–Crippen MR) is 124 cm³/mol. The minimum Gasteiger partial charge on any atom is -0.298 e. The highest BCUT2D eigenvalue weighted by Gasteiger charge is 2.27. The van der Waals surface area contributed by atoms with Gasteiger partial charge in [0.1, 0.15) is 0 Å². The quantitative estimate of drug-likeness (QED) is 0.601. The van der Waals surface area contributed by atoms with Gasteiger partial charge in [-0.15, -0.1) is 11.3 Å². The second-order valence-corrected chi connectivity index (χ2v) is 10.7. The van der Waals surface area contributed by atoms with E-state index in [1.165, 1.54) is 33.3 Å². The topological polar surface area (TPSA) is 79.4 Å². The lowest BCUT2D eigenvalue weighted by atomic mass is 9.98. The lowest BCUT2D eigenvalue weighted by Crippen LogP contribution is -2.27. The number of sulfonamides is 1. The monoisotopic (exact) mass is 455 g/mol. The first kappa shape index (κ1) is 21.7. The molecule has 1 aliphatic heterocycles. The van der Waals surface area contributed by atoms with E-state index >= 15 is 0 Å². The summed E-state index contributed by atoms with van der Waals surface area (Å²) in [4.78, 5) is 17.5. The minimum atomic E-state index is -3.49. The maximum absolute atomic E-state index is 12.7. The second kappa shape index (κ2) is 8.53. The van der Waals surface area contributed by atoms with Crippen LogP contribution in [0.1, 0.15) is 39.9 Å². The minimum absolute atomic E-state index is 0.216. The van der Waals surface area contributed by atoms with Crippen LogP contribution in [-0.2, 0) is 10.0 Å². The molecule has 0 saturated carbocycles. The first-order valence-electron chi connectivity index (χ1n) is 10.2. The van der Waals surface area contributed by atoms with Gasteiger partial charge in [-0.1, -0.05) is 17.7 Å². The summed E-state index contributed by atoms with van der Waals surface area (Å²) in [5.41, 5.74) is 5.81. The van der Waals surface area contributed by atoms with Crippen LogP contribution in [0.3, 0.4) is 0 Å². The number of carbonyl (C=O) groups is 1. The number of benzene rings is 2. The molecule has 31 heavy (non-hydrogen) atoms. The van der Waals surface area contributed by atoms with E-state index in [0.717, 1.165) is 35.2 Å². The van der Waals surface area contributed by atoms with Crippen molar-refractivity contribution in [3.63, 3.8) is 0 Å². The number of aromatic nitrogens is 1. The highest BCUT2D eigenvalue weighted by molar-refractivity contribution is 7.89. The molecule has 0 spiro atoms. The van der Waals surface area contributed by atoms with Crippen LogP contribution in [0, 0.1) is 20.8 Å². The van der Waals surface area contributed by atoms with Gasteiger partial charge in [-0.05, 0) is 69.0 Å². The number of hydrogen-bond acceptors (Lipinski definition) is 5. The standard InChI is InChI=1S/C23H25N3O3S2/c1-15-12-16(2)21(17(3)13-15)20-14-30-23(24-20)25-22(27)18-6-8-19(9-7-18)31(28,29)26-10-4-5-11-26/h6-9,12-14H,4-5,10-11H2,1-3H3,(H,24,25,27). The first-order valence-corrected chi connectivity index (χ1v) is 12.5. The van der Waals surface area contributed by atoms with Gasteiger partial charge in [-0.2, -0.15) is 4.31 Å². The Balaban J connectivity index is 1.49. The molecular weight excluding hydrogens is 430 g/mol. The molecule has 1 saturated heterocycles. The predicted octanol–water partition coefficient (Wildman–Crippen LogP) is 4.77. The Bertz CT molecular complexity index is 1200. The molecule has 1 aromatic heterocycles. The maximum atomic E-state index is 12.7. The number of nitrogens with one attached hydrogen (secondary N) is 1. The highest BCUT2D eigenvalue weighted by atomic mass is 32.2. The van der Waals surface area contributed by atoms with E-state index < -0.39 is 10.0 Å². The summed E-state index contributed by atoms with van der Waals surface area (Å²) >= 11 is 1.37. The summed E-state index contributed by atoms with van der Waals surface area (Å²) in [6.45, 7) is 7.29. The van der Waals surface area contributed by atoms with Gasteiger partial charge < -0.3 is 0 Å². The number of thiazole rings is 1. The largest absolute Gasteiger partial charge is 0.298 e. The smallest absolute Gasteiger partial charge is 0.257 e. The van der Waals surface area contributed by atoms with Crippen LogP contribution >= 0.6 is 11.3 Å². The van der Waals surface area contributed by atoms with E-state index in [9.17, 15) is 13.2 Å². The summed E-state index contributed by atoms with van der Waals surface area (Å²) in [6, 6.07) is 10.3. The Hall–Kier alpha value is -2.55. The maximum Gasteiger partial charge on any atom is 0.257 e. The Morgan fingerprint density at radius 3 is 2.26 bits per heavy atom. The summed E-state index contributed by atoms with van der Waals surface area (Å²) in [6.07, 6.45) is 1.77. The van der Waals surface area contributed by atoms with Crippen molar-refractivity contribution in [2.45, 2.75) is 38.5 Å². The van der Waals surface area contributed by atoms with Crippen LogP contribution in [0.2, 0.25) is 0 Å². The molecule has 2 heterocycles. The molecule has 162 valence electrons. The van der Waals surface area contributed by atoms with Gasteiger partial charge in [0.2, 0.25) is 10.0 Å². The summed E-state index contributed by atoms with van der Waals surface area (Å²) < 4.78 is 26.8. The highest BCUT2D eigenvalue weighted by Crippen LogP contribution is 2.31. The average Bonchev–Trinajstić information content (AvgIpc) is 3.40. The molecule has 1 fully saturated rings. The van der Waals surface area contributed by atoms with Gasteiger partial charge in [-0.25, -0.2) is 13.4 Å². The van der Waals surface area contributed by atoms with Gasteiger partial charge in [0, 0.05) is 29.6 Å². The number of aryl methyl sites for hydroxylation is 3. The molecule has 1 amide bonds. The van der Waals surface area contributed by atoms with Crippen molar-refractivity contribution in [1.29, 1.82) is 0 Å². The molecule has 6 nitrogen and oxygen atoms in total. The SMILES string of the molecule is Cc1cc(C)c(-c2csc(NC(=O)c3ccc(S(=O)(=O)N4CCCC4)cc3)n2)c(C)c1. The molecule has 0 bridgehead atoms. The third-order valence-electron chi connectivity index (χ3n) is 5.48. The number of rotatable bonds is 5. The normalized spacial score (nSPS) is 14.7. The Labute approximate surface area is 187 Å². The molecule has 1 aliphatic rings. The molecule has 4 rings (SSSR count). The molecule has 0 radical (unpaired) electrons. The van der Waals surface area contributed by atoms with Gasteiger partial charge in [0.25, 0.3) is 5.91 Å². The van der Waals surface area contributed by atoms with Crippen LogP contribution in [0.25, 0.3) is 11.3 Å².